The van der Waals surface area contributed by atoms with Crippen LogP contribution < -0.4 is 9.80 Å². The Hall–Kier alpha value is -9.14. The zero-order valence-corrected chi connectivity index (χ0v) is 38.6. The van der Waals surface area contributed by atoms with Crippen LogP contribution in [0.4, 0.5) is 60.5 Å². The van der Waals surface area contributed by atoms with Gasteiger partial charge in [0.25, 0.3) is 0 Å². The van der Waals surface area contributed by atoms with Gasteiger partial charge in [0.1, 0.15) is 0 Å². The van der Waals surface area contributed by atoms with Gasteiger partial charge >= 0.3 is 12.4 Å². The molecule has 8 heteroatoms. The third-order valence-corrected chi connectivity index (χ3v) is 13.2. The summed E-state index contributed by atoms with van der Waals surface area (Å²) in [7, 11) is 0. The van der Waals surface area contributed by atoms with Gasteiger partial charge in [0, 0.05) is 22.1 Å². The van der Waals surface area contributed by atoms with Crippen LogP contribution in [0, 0.1) is 0 Å². The molecule has 0 radical (unpaired) electrons. The van der Waals surface area contributed by atoms with E-state index in [1.165, 1.54) is 34.1 Å². The molecule has 0 fully saturated rings. The topological polar surface area (TPSA) is 6.48 Å². The van der Waals surface area contributed by atoms with Gasteiger partial charge in [0.2, 0.25) is 0 Å². The van der Waals surface area contributed by atoms with Crippen molar-refractivity contribution >= 4 is 66.4 Å². The Kier molecular flexibility index (Phi) is 8.96. The lowest BCUT2D eigenvalue weighted by molar-refractivity contribution is -0.137. The quantitative estimate of drug-likeness (QED) is 0.0995. The molecule has 74 heavy (non-hydrogen) atoms. The molecule has 0 aromatic heterocycles. The molecule has 0 heterocycles. The molecular weight excluding hydrogens is 935 g/mol. The van der Waals surface area contributed by atoms with E-state index < -0.39 is 95.0 Å². The molecule has 0 aliphatic heterocycles. The van der Waals surface area contributed by atoms with Gasteiger partial charge in [-0.2, -0.15) is 26.3 Å². The molecule has 12 aromatic carbocycles. The van der Waals surface area contributed by atoms with Crippen molar-refractivity contribution in [3.05, 3.63) is 266 Å². The van der Waals surface area contributed by atoms with E-state index in [0.29, 0.717) is 43.7 Å². The maximum Gasteiger partial charge on any atom is 0.418 e. The Bertz CT molecular complexity index is 4230. The minimum absolute atomic E-state index is 0.262. The summed E-state index contributed by atoms with van der Waals surface area (Å²) in [4.78, 5) is 2.90. The molecule has 12 aromatic rings. The summed E-state index contributed by atoms with van der Waals surface area (Å²) in [5.41, 5.74) is -0.0711. The normalized spacial score (nSPS) is 13.8. The van der Waals surface area contributed by atoms with Gasteiger partial charge in [-0.05, 0) is 127 Å². The lowest BCUT2D eigenvalue weighted by atomic mass is 9.91. The first-order chi connectivity index (χ1) is 40.1. The molecule has 0 bridgehead atoms. The largest absolute Gasteiger partial charge is 0.418 e. The summed E-state index contributed by atoms with van der Waals surface area (Å²) >= 11 is 0. The second-order valence-corrected chi connectivity index (χ2v) is 17.5. The summed E-state index contributed by atoms with van der Waals surface area (Å²) in [6.07, 6.45) is -10.2. The minimum Gasteiger partial charge on any atom is -0.309 e. The number of alkyl halides is 6. The maximum absolute atomic E-state index is 15.9. The summed E-state index contributed by atoms with van der Waals surface area (Å²) in [6, 6.07) is 46.2. The van der Waals surface area contributed by atoms with E-state index in [2.05, 4.69) is 0 Å². The number of halogens is 6. The Morgan fingerprint density at radius 2 is 0.622 bits per heavy atom. The van der Waals surface area contributed by atoms with Crippen LogP contribution >= 0.6 is 0 Å². The number of benzene rings is 12. The summed E-state index contributed by atoms with van der Waals surface area (Å²) in [6.45, 7) is 0. The molecule has 0 saturated carbocycles. The van der Waals surface area contributed by atoms with Gasteiger partial charge in [-0.3, -0.25) is 0 Å². The SMILES string of the molecule is [2H]c1c([2H])c([2H])c(-c2ccc(N(c3ccc(-c4ccccc4)cc3)c3ccc4ccc5c(N(c6ccc(-c7ccccc7)cc6)c6ccc(-c7c([2H])c([2H])c([2H])c([2H])c7[2H])cc6C(F)(F)F)ccc6ccc3c4c65)c(C(F)(F)F)c2)c([2H])c1[2H]. The average molecular weight is 987 g/mol. The average Bonchev–Trinajstić information content (AvgIpc) is 0.852. The lowest BCUT2D eigenvalue weighted by Gasteiger charge is -2.31. The van der Waals surface area contributed by atoms with Gasteiger partial charge in [-0.15, -0.1) is 0 Å². The van der Waals surface area contributed by atoms with E-state index >= 15 is 26.3 Å². The van der Waals surface area contributed by atoms with Crippen LogP contribution in [0.15, 0.2) is 255 Å². The third kappa shape index (κ3) is 8.44. The Morgan fingerprint density at radius 1 is 0.297 bits per heavy atom. The van der Waals surface area contributed by atoms with E-state index in [0.717, 1.165) is 34.4 Å². The Morgan fingerprint density at radius 3 is 0.986 bits per heavy atom. The molecule has 0 unspecified atom stereocenters. The molecule has 2 nitrogen and oxygen atoms in total. The number of anilines is 6. The third-order valence-electron chi connectivity index (χ3n) is 13.2. The number of hydrogen-bond acceptors (Lipinski definition) is 2. The minimum atomic E-state index is -5.08. The van der Waals surface area contributed by atoms with Crippen molar-refractivity contribution in [2.24, 2.45) is 0 Å². The van der Waals surface area contributed by atoms with Crippen LogP contribution in [0.3, 0.4) is 0 Å². The summed E-state index contributed by atoms with van der Waals surface area (Å²) in [5, 5.41) is 3.33. The lowest BCUT2D eigenvalue weighted by Crippen LogP contribution is -2.17. The second-order valence-electron chi connectivity index (χ2n) is 17.5. The number of hydrogen-bond donors (Lipinski definition) is 0. The van der Waals surface area contributed by atoms with Gasteiger partial charge in [-0.25, -0.2) is 0 Å². The molecule has 0 N–H and O–H groups in total. The fourth-order valence-electron chi connectivity index (χ4n) is 9.86. The fourth-order valence-corrected chi connectivity index (χ4v) is 9.86. The smallest absolute Gasteiger partial charge is 0.309 e. The van der Waals surface area contributed by atoms with E-state index in [9.17, 15) is 0 Å². The molecule has 358 valence electrons. The Balaban J connectivity index is 1.10. The van der Waals surface area contributed by atoms with Crippen LogP contribution in [0.25, 0.3) is 76.8 Å². The Labute approximate surface area is 437 Å². The van der Waals surface area contributed by atoms with Crippen LogP contribution in [0.5, 0.6) is 0 Å². The second kappa shape index (κ2) is 18.5. The standard InChI is InChI=1S/C66H42F6N2/c67-65(68,69)57-41-51(45-17-9-3-10-18-45)29-39-61(57)73(53-31-21-47(22-32-53)43-13-5-1-6-14-43)59-37-27-49-26-36-56-60(38-28-50-25-35-55(59)63(49)64(50)56)74(54-33-23-48(24-34-54)44-15-7-2-8-16-44)62-40-30-52(42-58(62)66(70,71)72)46-19-11-4-12-20-46/h1-42H/i3D,4D,9D,10D,11D,12D,17D,18D,19D,20D. The molecule has 0 amide bonds. The summed E-state index contributed by atoms with van der Waals surface area (Å²) in [5.74, 6) is 0. The molecule has 0 aliphatic rings. The molecule has 0 aliphatic carbocycles. The first-order valence-corrected chi connectivity index (χ1v) is 23.3. The fraction of sp³-hybridized carbons (Fsp3) is 0.0303. The van der Waals surface area contributed by atoms with Crippen molar-refractivity contribution in [3.63, 3.8) is 0 Å². The van der Waals surface area contributed by atoms with E-state index in [-0.39, 0.29) is 33.9 Å². The van der Waals surface area contributed by atoms with Crippen molar-refractivity contribution in [1.29, 1.82) is 0 Å². The number of rotatable bonds is 10. The van der Waals surface area contributed by atoms with Crippen LogP contribution in [-0.4, -0.2) is 0 Å². The predicted molar refractivity (Wildman–Crippen MR) is 291 cm³/mol. The zero-order valence-electron chi connectivity index (χ0n) is 48.6. The molecule has 0 saturated heterocycles. The van der Waals surface area contributed by atoms with E-state index in [4.69, 9.17) is 13.7 Å². The highest BCUT2D eigenvalue weighted by atomic mass is 19.4. The highest BCUT2D eigenvalue weighted by Gasteiger charge is 2.38. The van der Waals surface area contributed by atoms with Crippen LogP contribution in [-0.2, 0) is 12.4 Å². The summed E-state index contributed by atoms with van der Waals surface area (Å²) < 4.78 is 180. The van der Waals surface area contributed by atoms with Gasteiger partial charge < -0.3 is 9.80 Å². The number of nitrogens with zero attached hydrogens (tertiary/aromatic N) is 2. The van der Waals surface area contributed by atoms with E-state index in [1.54, 1.807) is 97.1 Å². The highest BCUT2D eigenvalue weighted by Crippen LogP contribution is 2.52. The molecule has 0 atom stereocenters. The first kappa shape index (κ1) is 35.9. The van der Waals surface area contributed by atoms with Crippen molar-refractivity contribution in [2.45, 2.75) is 12.4 Å². The van der Waals surface area contributed by atoms with E-state index in [1.807, 2.05) is 60.7 Å². The monoisotopic (exact) mass is 986 g/mol. The van der Waals surface area contributed by atoms with Crippen LogP contribution in [0.1, 0.15) is 24.8 Å². The highest BCUT2D eigenvalue weighted by molar-refractivity contribution is 6.28. The van der Waals surface area contributed by atoms with Crippen molar-refractivity contribution in [3.8, 4) is 44.5 Å². The molecule has 0 spiro atoms. The zero-order chi connectivity index (χ0) is 59.3. The van der Waals surface area contributed by atoms with Crippen LogP contribution in [0.2, 0.25) is 0 Å². The van der Waals surface area contributed by atoms with Crippen molar-refractivity contribution in [2.75, 3.05) is 9.80 Å². The molecule has 12 rings (SSSR count). The van der Waals surface area contributed by atoms with Crippen molar-refractivity contribution < 1.29 is 40.1 Å². The first-order valence-electron chi connectivity index (χ1n) is 28.3. The predicted octanol–water partition coefficient (Wildman–Crippen LogP) is 20.2. The maximum atomic E-state index is 15.9. The van der Waals surface area contributed by atoms with Gasteiger partial charge in [-0.1, -0.05) is 194 Å². The van der Waals surface area contributed by atoms with Gasteiger partial charge in [0.15, 0.2) is 0 Å². The van der Waals surface area contributed by atoms with Crippen molar-refractivity contribution in [1.82, 2.24) is 0 Å². The molecular formula is C66H42F6N2. The van der Waals surface area contributed by atoms with Gasteiger partial charge in [0.05, 0.1) is 47.6 Å².